The third-order valence-electron chi connectivity index (χ3n) is 2.90. The zero-order valence-electron chi connectivity index (χ0n) is 15.3. The Labute approximate surface area is 152 Å². The maximum atomic E-state index is 11.5. The molecule has 1 aliphatic heterocycles. The van der Waals surface area contributed by atoms with Gasteiger partial charge in [-0.25, -0.2) is 5.48 Å². The zero-order chi connectivity index (χ0) is 19.9. The Bertz CT molecular complexity index is 488. The molecular weight excluding hydrogens is 346 g/mol. The summed E-state index contributed by atoms with van der Waals surface area (Å²) >= 11 is 0. The summed E-state index contributed by atoms with van der Waals surface area (Å²) in [5, 5.41) is 11.9. The Hall–Kier alpha value is -2.30. The van der Waals surface area contributed by atoms with Crippen LogP contribution in [-0.4, -0.2) is 72.6 Å². The summed E-state index contributed by atoms with van der Waals surface area (Å²) in [5.74, 6) is -1.71. The summed E-state index contributed by atoms with van der Waals surface area (Å²) in [6.07, 6.45) is 1.24. The maximum absolute atomic E-state index is 11.5. The highest BCUT2D eigenvalue weighted by atomic mass is 16.7. The van der Waals surface area contributed by atoms with E-state index >= 15 is 0 Å². The van der Waals surface area contributed by atoms with E-state index in [4.69, 9.17) is 4.74 Å². The molecule has 0 aliphatic carbocycles. The Morgan fingerprint density at radius 1 is 1.19 bits per heavy atom. The molecule has 148 valence electrons. The molecule has 1 heterocycles. The first-order valence-corrected chi connectivity index (χ1v) is 8.26. The number of amides is 4. The topological polar surface area (TPSA) is 134 Å². The van der Waals surface area contributed by atoms with Crippen molar-refractivity contribution in [3.63, 3.8) is 0 Å². The van der Waals surface area contributed by atoms with Crippen molar-refractivity contribution < 1.29 is 33.9 Å². The molecule has 0 aromatic rings. The van der Waals surface area contributed by atoms with Gasteiger partial charge in [-0.1, -0.05) is 0 Å². The monoisotopic (exact) mass is 373 g/mol. The van der Waals surface area contributed by atoms with Gasteiger partial charge in [0.1, 0.15) is 6.61 Å². The van der Waals surface area contributed by atoms with Crippen LogP contribution in [0.15, 0.2) is 12.2 Å². The van der Waals surface area contributed by atoms with Crippen molar-refractivity contribution in [3.8, 4) is 0 Å². The average molecular weight is 373 g/mol. The maximum Gasteiger partial charge on any atom is 0.253 e. The van der Waals surface area contributed by atoms with Gasteiger partial charge in [0.2, 0.25) is 11.8 Å². The molecule has 0 saturated heterocycles. The Kier molecular flexibility index (Phi) is 12.7. The fraction of sp³-hybridized carbons (Fsp3) is 0.625. The third kappa shape index (κ3) is 11.3. The molecule has 0 fully saturated rings. The second-order valence-corrected chi connectivity index (χ2v) is 5.12. The van der Waals surface area contributed by atoms with Crippen molar-refractivity contribution in [2.45, 2.75) is 33.3 Å². The summed E-state index contributed by atoms with van der Waals surface area (Å²) < 4.78 is 4.83. The van der Waals surface area contributed by atoms with Gasteiger partial charge in [-0.3, -0.25) is 28.9 Å². The van der Waals surface area contributed by atoms with E-state index in [1.807, 2.05) is 19.3 Å². The fourth-order valence-electron chi connectivity index (χ4n) is 1.69. The molecular formula is C16H27N3O7. The minimum atomic E-state index is -0.988. The van der Waals surface area contributed by atoms with Gasteiger partial charge in [-0.2, -0.15) is 0 Å². The van der Waals surface area contributed by atoms with E-state index in [0.29, 0.717) is 0 Å². The van der Waals surface area contributed by atoms with Gasteiger partial charge < -0.3 is 15.2 Å². The molecule has 1 unspecified atom stereocenters. The predicted molar refractivity (Wildman–Crippen MR) is 91.4 cm³/mol. The molecule has 1 aliphatic rings. The number of imide groups is 1. The number of hydrogen-bond donors (Lipinski definition) is 3. The molecule has 0 bridgehead atoms. The molecule has 1 atom stereocenters. The molecule has 0 saturated carbocycles. The first-order valence-electron chi connectivity index (χ1n) is 8.26. The molecule has 0 spiro atoms. The number of rotatable bonds is 10. The van der Waals surface area contributed by atoms with E-state index in [0.717, 1.165) is 30.3 Å². The van der Waals surface area contributed by atoms with Crippen LogP contribution in [-0.2, 0) is 28.8 Å². The van der Waals surface area contributed by atoms with Crippen LogP contribution in [0.5, 0.6) is 0 Å². The van der Waals surface area contributed by atoms with Crippen LogP contribution in [0.4, 0.5) is 0 Å². The normalized spacial score (nSPS) is 13.9. The summed E-state index contributed by atoms with van der Waals surface area (Å²) in [6, 6.07) is 0. The van der Waals surface area contributed by atoms with Crippen LogP contribution in [0, 0.1) is 0 Å². The highest BCUT2D eigenvalue weighted by Gasteiger charge is 2.23. The quantitative estimate of drug-likeness (QED) is 0.326. The number of hydroxylamine groups is 1. The number of ether oxygens (including phenoxy) is 1. The van der Waals surface area contributed by atoms with Crippen LogP contribution in [0.2, 0.25) is 0 Å². The minimum absolute atomic E-state index is 0.0189. The first kappa shape index (κ1) is 23.7. The fourth-order valence-corrected chi connectivity index (χ4v) is 1.69. The van der Waals surface area contributed by atoms with Crippen LogP contribution in [0.3, 0.4) is 0 Å². The summed E-state index contributed by atoms with van der Waals surface area (Å²) in [6.45, 7) is 6.66. The lowest BCUT2D eigenvalue weighted by molar-refractivity contribution is -0.137. The van der Waals surface area contributed by atoms with Gasteiger partial charge in [-0.15, -0.1) is 0 Å². The van der Waals surface area contributed by atoms with E-state index in [-0.39, 0.29) is 26.1 Å². The van der Waals surface area contributed by atoms with E-state index in [2.05, 4.69) is 10.2 Å². The lowest BCUT2D eigenvalue weighted by Gasteiger charge is -2.14. The van der Waals surface area contributed by atoms with Crippen molar-refractivity contribution >= 4 is 23.6 Å². The SMILES string of the molecule is CC(=O)NOCC(O)CNC(=O)CCN1C(=O)C=CC1=O.CCOCC. The van der Waals surface area contributed by atoms with Gasteiger partial charge in [0.15, 0.2) is 0 Å². The Morgan fingerprint density at radius 2 is 1.77 bits per heavy atom. The number of aliphatic hydroxyl groups excluding tert-OH is 1. The summed E-state index contributed by atoms with van der Waals surface area (Å²) in [7, 11) is 0. The minimum Gasteiger partial charge on any atom is -0.389 e. The molecule has 0 aromatic carbocycles. The van der Waals surface area contributed by atoms with Crippen molar-refractivity contribution in [2.75, 3.05) is 32.9 Å². The largest absolute Gasteiger partial charge is 0.389 e. The van der Waals surface area contributed by atoms with E-state index in [1.165, 1.54) is 6.92 Å². The lowest BCUT2D eigenvalue weighted by Crippen LogP contribution is -2.39. The number of carbonyl (C=O) groups excluding carboxylic acids is 4. The molecule has 3 N–H and O–H groups in total. The highest BCUT2D eigenvalue weighted by molar-refractivity contribution is 6.13. The van der Waals surface area contributed by atoms with E-state index < -0.39 is 29.7 Å². The Balaban J connectivity index is 0.00000110. The lowest BCUT2D eigenvalue weighted by atomic mass is 10.3. The molecule has 10 nitrogen and oxygen atoms in total. The Morgan fingerprint density at radius 3 is 2.23 bits per heavy atom. The number of nitrogens with one attached hydrogen (secondary N) is 2. The van der Waals surface area contributed by atoms with Crippen molar-refractivity contribution in [1.82, 2.24) is 15.7 Å². The molecule has 26 heavy (non-hydrogen) atoms. The molecule has 0 radical (unpaired) electrons. The van der Waals surface area contributed by atoms with Crippen LogP contribution >= 0.6 is 0 Å². The van der Waals surface area contributed by atoms with Crippen LogP contribution in [0.25, 0.3) is 0 Å². The van der Waals surface area contributed by atoms with Gasteiger partial charge in [-0.05, 0) is 13.8 Å². The van der Waals surface area contributed by atoms with Crippen LogP contribution < -0.4 is 10.8 Å². The standard InChI is InChI=1S/C12H17N3O6.C4H10O/c1-8(16)14-21-7-9(17)6-13-10(18)4-5-15-11(19)2-3-12(15)20;1-3-5-4-2/h2-3,9,17H,4-7H2,1H3,(H,13,18)(H,14,16);3-4H2,1-2H3. The number of nitrogens with zero attached hydrogens (tertiary/aromatic N) is 1. The third-order valence-corrected chi connectivity index (χ3v) is 2.90. The van der Waals surface area contributed by atoms with Crippen LogP contribution in [0.1, 0.15) is 27.2 Å². The first-order chi connectivity index (χ1) is 12.3. The van der Waals surface area contributed by atoms with Gasteiger partial charge in [0, 0.05) is 51.8 Å². The predicted octanol–water partition coefficient (Wildman–Crippen LogP) is -1.11. The summed E-state index contributed by atoms with van der Waals surface area (Å²) in [4.78, 5) is 50.1. The number of aliphatic hydroxyl groups is 1. The molecule has 10 heteroatoms. The highest BCUT2D eigenvalue weighted by Crippen LogP contribution is 2.03. The molecule has 4 amide bonds. The van der Waals surface area contributed by atoms with E-state index in [9.17, 15) is 24.3 Å². The zero-order valence-corrected chi connectivity index (χ0v) is 15.3. The van der Waals surface area contributed by atoms with Gasteiger partial charge >= 0.3 is 0 Å². The average Bonchev–Trinajstić information content (AvgIpc) is 2.90. The second kappa shape index (κ2) is 13.9. The number of hydrogen-bond acceptors (Lipinski definition) is 7. The van der Waals surface area contributed by atoms with Crippen molar-refractivity contribution in [1.29, 1.82) is 0 Å². The van der Waals surface area contributed by atoms with E-state index in [1.54, 1.807) is 0 Å². The van der Waals surface area contributed by atoms with Gasteiger partial charge in [0.25, 0.3) is 11.8 Å². The molecule has 0 aromatic heterocycles. The van der Waals surface area contributed by atoms with Crippen molar-refractivity contribution in [3.05, 3.63) is 12.2 Å². The van der Waals surface area contributed by atoms with Gasteiger partial charge in [0.05, 0.1) is 6.10 Å². The second-order valence-electron chi connectivity index (χ2n) is 5.12. The smallest absolute Gasteiger partial charge is 0.253 e. The van der Waals surface area contributed by atoms with Crippen molar-refractivity contribution in [2.24, 2.45) is 0 Å². The summed E-state index contributed by atoms with van der Waals surface area (Å²) in [5.41, 5.74) is 2.04. The molecule has 1 rings (SSSR count). The number of carbonyl (C=O) groups is 4.